The molecule has 0 heterocycles. The van der Waals surface area contributed by atoms with Crippen LogP contribution < -0.4 is 0 Å². The van der Waals surface area contributed by atoms with E-state index in [2.05, 4.69) is 19.6 Å². The first kappa shape index (κ1) is 6.45. The van der Waals surface area contributed by atoms with Gasteiger partial charge in [-0.1, -0.05) is 19.4 Å². The Bertz CT molecular complexity index is 159. The van der Waals surface area contributed by atoms with E-state index in [0.29, 0.717) is 5.41 Å². The number of hydrogen-bond donors (Lipinski definition) is 0. The molecule has 0 nitrogen and oxygen atoms in total. The van der Waals surface area contributed by atoms with Crippen molar-refractivity contribution in [3.8, 4) is 0 Å². The fraction of sp³-hybridized carbons (Fsp3) is 0.800. The number of rotatable bonds is 1. The van der Waals surface area contributed by atoms with Crippen LogP contribution in [0.4, 0.5) is 0 Å². The van der Waals surface area contributed by atoms with E-state index in [1.54, 1.807) is 0 Å². The Labute approximate surface area is 63.3 Å². The van der Waals surface area contributed by atoms with Crippen molar-refractivity contribution in [2.24, 2.45) is 17.3 Å². The molecule has 2 saturated carbocycles. The zero-order chi connectivity index (χ0) is 7.19. The minimum absolute atomic E-state index is 0.517. The van der Waals surface area contributed by atoms with Gasteiger partial charge in [0.15, 0.2) is 0 Å². The average molecular weight is 136 g/mol. The van der Waals surface area contributed by atoms with Crippen LogP contribution >= 0.6 is 0 Å². The van der Waals surface area contributed by atoms with Gasteiger partial charge in [0.2, 0.25) is 0 Å². The molecule has 0 amide bonds. The van der Waals surface area contributed by atoms with E-state index in [-0.39, 0.29) is 0 Å². The maximum Gasteiger partial charge on any atom is -0.0118 e. The van der Waals surface area contributed by atoms with Crippen molar-refractivity contribution < 1.29 is 0 Å². The molecule has 10 heavy (non-hydrogen) atoms. The first-order valence-corrected chi connectivity index (χ1v) is 4.38. The quantitative estimate of drug-likeness (QED) is 0.486. The average Bonchev–Trinajstić information content (AvgIpc) is 2.46. The highest BCUT2D eigenvalue weighted by atomic mass is 14.5. The number of allylic oxidation sites excluding steroid dienone is 1. The summed E-state index contributed by atoms with van der Waals surface area (Å²) < 4.78 is 0. The maximum absolute atomic E-state index is 3.93. The Morgan fingerprint density at radius 1 is 1.50 bits per heavy atom. The van der Waals surface area contributed by atoms with Gasteiger partial charge in [0.05, 0.1) is 0 Å². The van der Waals surface area contributed by atoms with Crippen molar-refractivity contribution in [2.45, 2.75) is 32.6 Å². The molecule has 3 unspecified atom stereocenters. The molecule has 0 aliphatic heterocycles. The summed E-state index contributed by atoms with van der Waals surface area (Å²) in [5.41, 5.74) is 0.517. The van der Waals surface area contributed by atoms with Gasteiger partial charge in [-0.25, -0.2) is 0 Å². The standard InChI is InChI=1S/C10H16/c1-3-10(2)7-8-4-5-9(10)6-8/h3,8-9H,1,4-7H2,2H3. The van der Waals surface area contributed by atoms with E-state index in [9.17, 15) is 0 Å². The predicted molar refractivity (Wildman–Crippen MR) is 43.8 cm³/mol. The van der Waals surface area contributed by atoms with Gasteiger partial charge in [0.1, 0.15) is 0 Å². The van der Waals surface area contributed by atoms with E-state index >= 15 is 0 Å². The van der Waals surface area contributed by atoms with Gasteiger partial charge in [-0.05, 0) is 36.5 Å². The van der Waals surface area contributed by atoms with Crippen molar-refractivity contribution in [1.82, 2.24) is 0 Å². The molecule has 2 aliphatic carbocycles. The molecule has 2 aliphatic rings. The zero-order valence-corrected chi connectivity index (χ0v) is 6.77. The lowest BCUT2D eigenvalue weighted by molar-refractivity contribution is 0.259. The zero-order valence-electron chi connectivity index (χ0n) is 6.77. The topological polar surface area (TPSA) is 0 Å². The molecule has 2 fully saturated rings. The van der Waals surface area contributed by atoms with Gasteiger partial charge in [-0.3, -0.25) is 0 Å². The Morgan fingerprint density at radius 2 is 2.30 bits per heavy atom. The molecule has 2 rings (SSSR count). The van der Waals surface area contributed by atoms with Crippen LogP contribution in [0, 0.1) is 17.3 Å². The lowest BCUT2D eigenvalue weighted by Crippen LogP contribution is -2.20. The summed E-state index contributed by atoms with van der Waals surface area (Å²) in [6, 6.07) is 0. The molecule has 0 N–H and O–H groups in total. The van der Waals surface area contributed by atoms with Gasteiger partial charge < -0.3 is 0 Å². The van der Waals surface area contributed by atoms with Crippen molar-refractivity contribution in [3.63, 3.8) is 0 Å². The van der Waals surface area contributed by atoms with Crippen molar-refractivity contribution >= 4 is 0 Å². The third-order valence-electron chi connectivity index (χ3n) is 3.67. The molecule has 0 saturated heterocycles. The smallest absolute Gasteiger partial charge is 0.0118 e. The molecule has 0 heteroatoms. The third-order valence-corrected chi connectivity index (χ3v) is 3.67. The SMILES string of the molecule is C=CC1(C)CC2CCC1C2. The van der Waals surface area contributed by atoms with Gasteiger partial charge in [0.25, 0.3) is 0 Å². The molecule has 0 spiro atoms. The van der Waals surface area contributed by atoms with Gasteiger partial charge >= 0.3 is 0 Å². The second-order valence-corrected chi connectivity index (χ2v) is 4.29. The Morgan fingerprint density at radius 3 is 2.60 bits per heavy atom. The van der Waals surface area contributed by atoms with E-state index in [4.69, 9.17) is 0 Å². The summed E-state index contributed by atoms with van der Waals surface area (Å²) >= 11 is 0. The van der Waals surface area contributed by atoms with Crippen LogP contribution in [0.15, 0.2) is 12.7 Å². The molecule has 0 aromatic rings. The lowest BCUT2D eigenvalue weighted by Gasteiger charge is -2.30. The summed E-state index contributed by atoms with van der Waals surface area (Å²) in [6.45, 7) is 6.31. The summed E-state index contributed by atoms with van der Waals surface area (Å²) in [4.78, 5) is 0. The summed E-state index contributed by atoms with van der Waals surface area (Å²) in [7, 11) is 0. The minimum Gasteiger partial charge on any atom is -0.103 e. The maximum atomic E-state index is 3.93. The van der Waals surface area contributed by atoms with Crippen molar-refractivity contribution in [2.75, 3.05) is 0 Å². The van der Waals surface area contributed by atoms with Crippen LogP contribution in [-0.2, 0) is 0 Å². The second-order valence-electron chi connectivity index (χ2n) is 4.29. The normalized spacial score (nSPS) is 51.7. The minimum atomic E-state index is 0.517. The molecule has 0 radical (unpaired) electrons. The van der Waals surface area contributed by atoms with Crippen LogP contribution in [0.5, 0.6) is 0 Å². The van der Waals surface area contributed by atoms with E-state index in [0.717, 1.165) is 11.8 Å². The molecule has 0 aromatic carbocycles. The van der Waals surface area contributed by atoms with E-state index in [1.807, 2.05) is 0 Å². The summed E-state index contributed by atoms with van der Waals surface area (Å²) in [6.07, 6.45) is 8.06. The van der Waals surface area contributed by atoms with Crippen LogP contribution in [0.3, 0.4) is 0 Å². The Kier molecular flexibility index (Phi) is 1.21. The van der Waals surface area contributed by atoms with Crippen LogP contribution in [0.1, 0.15) is 32.6 Å². The van der Waals surface area contributed by atoms with Gasteiger partial charge in [-0.2, -0.15) is 0 Å². The van der Waals surface area contributed by atoms with E-state index in [1.165, 1.54) is 25.7 Å². The van der Waals surface area contributed by atoms with Gasteiger partial charge in [0, 0.05) is 0 Å². The van der Waals surface area contributed by atoms with Crippen molar-refractivity contribution in [3.05, 3.63) is 12.7 Å². The fourth-order valence-corrected chi connectivity index (χ4v) is 2.90. The third kappa shape index (κ3) is 0.680. The van der Waals surface area contributed by atoms with Crippen LogP contribution in [0.2, 0.25) is 0 Å². The largest absolute Gasteiger partial charge is 0.103 e. The highest BCUT2D eigenvalue weighted by Crippen LogP contribution is 2.56. The summed E-state index contributed by atoms with van der Waals surface area (Å²) in [5, 5.41) is 0. The van der Waals surface area contributed by atoms with Crippen LogP contribution in [-0.4, -0.2) is 0 Å². The summed E-state index contributed by atoms with van der Waals surface area (Å²) in [5.74, 6) is 2.03. The Hall–Kier alpha value is -0.260. The monoisotopic (exact) mass is 136 g/mol. The molecule has 0 aromatic heterocycles. The fourth-order valence-electron chi connectivity index (χ4n) is 2.90. The highest BCUT2D eigenvalue weighted by molar-refractivity contribution is 5.06. The molecular weight excluding hydrogens is 120 g/mol. The molecular formula is C10H16. The van der Waals surface area contributed by atoms with E-state index < -0.39 is 0 Å². The van der Waals surface area contributed by atoms with Crippen LogP contribution in [0.25, 0.3) is 0 Å². The first-order valence-electron chi connectivity index (χ1n) is 4.38. The van der Waals surface area contributed by atoms with Gasteiger partial charge in [-0.15, -0.1) is 6.58 Å². The number of fused-ring (bicyclic) bond motifs is 2. The second kappa shape index (κ2) is 1.87. The number of hydrogen-bond acceptors (Lipinski definition) is 0. The highest BCUT2D eigenvalue weighted by Gasteiger charge is 2.45. The molecule has 56 valence electrons. The van der Waals surface area contributed by atoms with Crippen molar-refractivity contribution in [1.29, 1.82) is 0 Å². The predicted octanol–water partition coefficient (Wildman–Crippen LogP) is 3.00. The molecule has 2 bridgehead atoms. The Balaban J connectivity index is 2.21. The first-order chi connectivity index (χ1) is 4.74. The lowest BCUT2D eigenvalue weighted by atomic mass is 9.75. The molecule has 3 atom stereocenters.